The smallest absolute Gasteiger partial charge is 0.244 e. The summed E-state index contributed by atoms with van der Waals surface area (Å²) < 4.78 is 39.6. The fraction of sp³-hybridized carbons (Fsp3) is 0.400. The molecule has 4 nitrogen and oxygen atoms in total. The van der Waals surface area contributed by atoms with Gasteiger partial charge in [0.1, 0.15) is 10.7 Å². The molecule has 1 rings (SSSR count). The Morgan fingerprint density at radius 3 is 2.59 bits per heavy atom. The summed E-state index contributed by atoms with van der Waals surface area (Å²) in [5, 5.41) is 0.150. The fourth-order valence-electron chi connectivity index (χ4n) is 1.14. The van der Waals surface area contributed by atoms with Gasteiger partial charge < -0.3 is 5.73 Å². The molecule has 0 atom stereocenters. The molecule has 1 aromatic carbocycles. The maximum atomic E-state index is 13.4. The lowest BCUT2D eigenvalue weighted by Crippen LogP contribution is -2.48. The molecular weight excluding hydrogens is 267 g/mol. The molecule has 0 bridgehead atoms. The van der Waals surface area contributed by atoms with Crippen LogP contribution < -0.4 is 10.5 Å². The number of sulfonamides is 1. The van der Waals surface area contributed by atoms with Gasteiger partial charge >= 0.3 is 0 Å². The number of hydrogen-bond acceptors (Lipinski definition) is 3. The Morgan fingerprint density at radius 2 is 2.06 bits per heavy atom. The van der Waals surface area contributed by atoms with Gasteiger partial charge in [0.25, 0.3) is 0 Å². The van der Waals surface area contributed by atoms with Gasteiger partial charge in [-0.15, -0.1) is 0 Å². The van der Waals surface area contributed by atoms with Gasteiger partial charge in [-0.3, -0.25) is 0 Å². The van der Waals surface area contributed by atoms with Crippen LogP contribution in [-0.2, 0) is 10.0 Å². The average molecular weight is 281 g/mol. The molecule has 0 spiro atoms. The van der Waals surface area contributed by atoms with Crippen LogP contribution in [0.1, 0.15) is 13.8 Å². The molecule has 0 saturated carbocycles. The number of nitrogens with two attached hydrogens (primary N) is 1. The second kappa shape index (κ2) is 4.89. The number of nitrogens with one attached hydrogen (secondary N) is 1. The van der Waals surface area contributed by atoms with Gasteiger partial charge in [-0.05, 0) is 32.0 Å². The molecular formula is C10H14ClFN2O2S. The van der Waals surface area contributed by atoms with Crippen LogP contribution in [0.3, 0.4) is 0 Å². The summed E-state index contributed by atoms with van der Waals surface area (Å²) >= 11 is 5.64. The molecule has 0 fully saturated rings. The van der Waals surface area contributed by atoms with Crippen LogP contribution in [0.15, 0.2) is 23.1 Å². The maximum absolute atomic E-state index is 13.4. The fourth-order valence-corrected chi connectivity index (χ4v) is 2.91. The van der Waals surface area contributed by atoms with E-state index in [4.69, 9.17) is 17.3 Å². The van der Waals surface area contributed by atoms with E-state index >= 15 is 0 Å². The minimum absolute atomic E-state index is 0.0917. The van der Waals surface area contributed by atoms with Gasteiger partial charge in [0.2, 0.25) is 10.0 Å². The van der Waals surface area contributed by atoms with E-state index in [2.05, 4.69) is 4.72 Å². The highest BCUT2D eigenvalue weighted by atomic mass is 35.5. The van der Waals surface area contributed by atoms with E-state index in [1.165, 1.54) is 6.07 Å². The summed E-state index contributed by atoms with van der Waals surface area (Å²) in [7, 11) is -3.97. The molecule has 0 unspecified atom stereocenters. The molecule has 0 aliphatic heterocycles. The molecule has 0 radical (unpaired) electrons. The second-order valence-electron chi connectivity index (χ2n) is 4.27. The van der Waals surface area contributed by atoms with E-state index in [0.717, 1.165) is 12.1 Å². The highest BCUT2D eigenvalue weighted by Gasteiger charge is 2.27. The van der Waals surface area contributed by atoms with E-state index in [9.17, 15) is 12.8 Å². The van der Waals surface area contributed by atoms with Crippen LogP contribution in [0, 0.1) is 5.82 Å². The van der Waals surface area contributed by atoms with Crippen molar-refractivity contribution >= 4 is 21.6 Å². The minimum Gasteiger partial charge on any atom is -0.329 e. The van der Waals surface area contributed by atoms with Crippen molar-refractivity contribution in [2.45, 2.75) is 24.3 Å². The summed E-state index contributed by atoms with van der Waals surface area (Å²) in [4.78, 5) is -0.480. The van der Waals surface area contributed by atoms with Crippen molar-refractivity contribution in [2.24, 2.45) is 5.73 Å². The van der Waals surface area contributed by atoms with Gasteiger partial charge in [0, 0.05) is 17.1 Å². The standard InChI is InChI=1S/C10H14ClFN2O2S/c1-10(2,6-13)14-17(15,16)9-5-7(11)3-4-8(9)12/h3-5,14H,6,13H2,1-2H3. The number of hydrogen-bond donors (Lipinski definition) is 2. The van der Waals surface area contributed by atoms with Crippen molar-refractivity contribution in [2.75, 3.05) is 6.54 Å². The molecule has 7 heteroatoms. The third kappa shape index (κ3) is 3.64. The summed E-state index contributed by atoms with van der Waals surface area (Å²) in [6, 6.07) is 3.35. The quantitative estimate of drug-likeness (QED) is 0.878. The number of benzene rings is 1. The van der Waals surface area contributed by atoms with Crippen molar-refractivity contribution < 1.29 is 12.8 Å². The topological polar surface area (TPSA) is 72.2 Å². The Kier molecular flexibility index (Phi) is 4.14. The molecule has 3 N–H and O–H groups in total. The second-order valence-corrected chi connectivity index (χ2v) is 6.36. The first kappa shape index (κ1) is 14.4. The van der Waals surface area contributed by atoms with E-state index in [1.807, 2.05) is 0 Å². The molecule has 0 aliphatic rings. The summed E-state index contributed by atoms with van der Waals surface area (Å²) in [6.07, 6.45) is 0. The third-order valence-corrected chi connectivity index (χ3v) is 4.05. The van der Waals surface area contributed by atoms with Crippen molar-refractivity contribution in [3.63, 3.8) is 0 Å². The van der Waals surface area contributed by atoms with Crippen molar-refractivity contribution in [3.8, 4) is 0 Å². The molecule has 0 aliphatic carbocycles. The van der Waals surface area contributed by atoms with Gasteiger partial charge in [0.05, 0.1) is 0 Å². The predicted octanol–water partition coefficient (Wildman–Crippen LogP) is 1.49. The zero-order valence-electron chi connectivity index (χ0n) is 9.50. The highest BCUT2D eigenvalue weighted by molar-refractivity contribution is 7.89. The van der Waals surface area contributed by atoms with Crippen LogP contribution in [0.25, 0.3) is 0 Å². The lowest BCUT2D eigenvalue weighted by molar-refractivity contribution is 0.459. The molecule has 0 saturated heterocycles. The first-order chi connectivity index (χ1) is 7.68. The zero-order chi connectivity index (χ0) is 13.3. The first-order valence-corrected chi connectivity index (χ1v) is 6.73. The van der Waals surface area contributed by atoms with E-state index in [-0.39, 0.29) is 11.6 Å². The minimum atomic E-state index is -3.97. The Morgan fingerprint density at radius 1 is 1.47 bits per heavy atom. The highest BCUT2D eigenvalue weighted by Crippen LogP contribution is 2.20. The van der Waals surface area contributed by atoms with Crippen LogP contribution >= 0.6 is 11.6 Å². The van der Waals surface area contributed by atoms with Gasteiger partial charge in [-0.2, -0.15) is 0 Å². The molecule has 0 amide bonds. The lowest BCUT2D eigenvalue weighted by atomic mass is 10.1. The summed E-state index contributed by atoms with van der Waals surface area (Å²) in [5.74, 6) is -0.852. The average Bonchev–Trinajstić information content (AvgIpc) is 2.20. The van der Waals surface area contributed by atoms with E-state index in [0.29, 0.717) is 0 Å². The van der Waals surface area contributed by atoms with Crippen molar-refractivity contribution in [1.29, 1.82) is 0 Å². The van der Waals surface area contributed by atoms with E-state index < -0.39 is 26.3 Å². The Labute approximate surface area is 105 Å². The SMILES string of the molecule is CC(C)(CN)NS(=O)(=O)c1cc(Cl)ccc1F. The number of halogens is 2. The maximum Gasteiger partial charge on any atom is 0.244 e. The Hall–Kier alpha value is -0.690. The molecule has 0 aromatic heterocycles. The van der Waals surface area contributed by atoms with Crippen LogP contribution in [0.2, 0.25) is 5.02 Å². The lowest BCUT2D eigenvalue weighted by Gasteiger charge is -2.24. The van der Waals surface area contributed by atoms with Crippen LogP contribution in [0.4, 0.5) is 4.39 Å². The molecule has 17 heavy (non-hydrogen) atoms. The molecule has 1 aromatic rings. The van der Waals surface area contributed by atoms with Gasteiger partial charge in [-0.1, -0.05) is 11.6 Å². The number of rotatable bonds is 4. The summed E-state index contributed by atoms with van der Waals surface area (Å²) in [5.41, 5.74) is 4.56. The first-order valence-electron chi connectivity index (χ1n) is 4.87. The Balaban J connectivity index is 3.18. The molecule has 0 heterocycles. The van der Waals surface area contributed by atoms with Crippen molar-refractivity contribution in [3.05, 3.63) is 29.0 Å². The van der Waals surface area contributed by atoms with Crippen LogP contribution in [-0.4, -0.2) is 20.5 Å². The normalized spacial score (nSPS) is 12.8. The predicted molar refractivity (Wildman–Crippen MR) is 64.9 cm³/mol. The third-order valence-electron chi connectivity index (χ3n) is 2.10. The van der Waals surface area contributed by atoms with Gasteiger partial charge in [0.15, 0.2) is 0 Å². The van der Waals surface area contributed by atoms with E-state index in [1.54, 1.807) is 13.8 Å². The summed E-state index contributed by atoms with van der Waals surface area (Å²) in [6.45, 7) is 3.30. The van der Waals surface area contributed by atoms with Crippen LogP contribution in [0.5, 0.6) is 0 Å². The molecule has 96 valence electrons. The van der Waals surface area contributed by atoms with Crippen molar-refractivity contribution in [1.82, 2.24) is 4.72 Å². The monoisotopic (exact) mass is 280 g/mol. The Bertz CT molecular complexity index is 517. The zero-order valence-corrected chi connectivity index (χ0v) is 11.1. The van der Waals surface area contributed by atoms with Gasteiger partial charge in [-0.25, -0.2) is 17.5 Å². The largest absolute Gasteiger partial charge is 0.329 e.